The zero-order valence-corrected chi connectivity index (χ0v) is 15.1. The number of nitrogens with two attached hydrogens (primary N) is 1. The van der Waals surface area contributed by atoms with E-state index in [2.05, 4.69) is 38.0 Å². The molecule has 1 aromatic heterocycles. The number of aromatic nitrogens is 2. The van der Waals surface area contributed by atoms with Crippen molar-refractivity contribution in [2.75, 3.05) is 37.4 Å². The second kappa shape index (κ2) is 6.13. The molecule has 0 spiro atoms. The highest BCUT2D eigenvalue weighted by Gasteiger charge is 2.53. The Balaban J connectivity index is 1.56. The van der Waals surface area contributed by atoms with Crippen molar-refractivity contribution in [1.82, 2.24) is 14.9 Å². The number of hydrogen-bond donors (Lipinski definition) is 1. The van der Waals surface area contributed by atoms with E-state index < -0.39 is 0 Å². The van der Waals surface area contributed by atoms with Gasteiger partial charge < -0.3 is 15.4 Å². The molecule has 1 aromatic carbocycles. The van der Waals surface area contributed by atoms with Crippen LogP contribution in [0.3, 0.4) is 0 Å². The van der Waals surface area contributed by atoms with Gasteiger partial charge in [-0.15, -0.1) is 0 Å². The molecule has 0 unspecified atom stereocenters. The number of hydrogen-bond acceptors (Lipinski definition) is 6. The van der Waals surface area contributed by atoms with Crippen molar-refractivity contribution in [2.24, 2.45) is 5.92 Å². The molecular formula is C20H25N5O. The van der Waals surface area contributed by atoms with Crippen molar-refractivity contribution in [3.05, 3.63) is 42.2 Å². The van der Waals surface area contributed by atoms with Gasteiger partial charge in [0.2, 0.25) is 0 Å². The molecule has 2 bridgehead atoms. The molecule has 0 amide bonds. The van der Waals surface area contributed by atoms with Gasteiger partial charge in [-0.25, -0.2) is 9.97 Å². The van der Waals surface area contributed by atoms with Crippen LogP contribution in [0.25, 0.3) is 0 Å². The Morgan fingerprint density at radius 1 is 1.12 bits per heavy atom. The minimum absolute atomic E-state index is 0.453. The predicted molar refractivity (Wildman–Crippen MR) is 101 cm³/mol. The van der Waals surface area contributed by atoms with Crippen LogP contribution in [-0.4, -0.2) is 53.7 Å². The van der Waals surface area contributed by atoms with Crippen molar-refractivity contribution in [3.8, 4) is 5.75 Å². The van der Waals surface area contributed by atoms with Crippen molar-refractivity contribution < 1.29 is 4.74 Å². The zero-order chi connectivity index (χ0) is 17.7. The Morgan fingerprint density at radius 2 is 1.96 bits per heavy atom. The average Bonchev–Trinajstić information content (AvgIpc) is 3.12. The van der Waals surface area contributed by atoms with Crippen molar-refractivity contribution >= 4 is 11.6 Å². The van der Waals surface area contributed by atoms with Crippen molar-refractivity contribution in [2.45, 2.75) is 30.8 Å². The zero-order valence-electron chi connectivity index (χ0n) is 15.1. The van der Waals surface area contributed by atoms with E-state index in [-0.39, 0.29) is 0 Å². The number of fused-ring (bicyclic) bond motifs is 2. The molecule has 4 aliphatic rings. The Bertz CT molecular complexity index is 804. The summed E-state index contributed by atoms with van der Waals surface area (Å²) in [6.45, 7) is 3.39. The molecule has 0 saturated carbocycles. The fourth-order valence-electron chi connectivity index (χ4n) is 5.37. The summed E-state index contributed by atoms with van der Waals surface area (Å²) in [5.74, 6) is 3.62. The molecule has 0 aliphatic carbocycles. The van der Waals surface area contributed by atoms with Crippen molar-refractivity contribution in [3.63, 3.8) is 0 Å². The summed E-state index contributed by atoms with van der Waals surface area (Å²) in [4.78, 5) is 13.8. The van der Waals surface area contributed by atoms with Gasteiger partial charge in [0.25, 0.3) is 0 Å². The van der Waals surface area contributed by atoms with E-state index in [4.69, 9.17) is 10.5 Å². The van der Waals surface area contributed by atoms with Crippen LogP contribution >= 0.6 is 0 Å². The van der Waals surface area contributed by atoms with Crippen LogP contribution in [0, 0.1) is 5.92 Å². The van der Waals surface area contributed by atoms with E-state index in [0.29, 0.717) is 23.8 Å². The summed E-state index contributed by atoms with van der Waals surface area (Å²) < 4.78 is 5.48. The first kappa shape index (κ1) is 15.9. The van der Waals surface area contributed by atoms with Gasteiger partial charge >= 0.3 is 0 Å². The average molecular weight is 351 g/mol. The number of piperidine rings is 3. The third-order valence-electron chi connectivity index (χ3n) is 6.48. The highest BCUT2D eigenvalue weighted by Crippen LogP contribution is 2.48. The number of methoxy groups -OCH3 is 1. The van der Waals surface area contributed by atoms with Gasteiger partial charge in [0, 0.05) is 30.6 Å². The first-order valence-corrected chi connectivity index (χ1v) is 9.47. The Hall–Kier alpha value is -2.34. The third kappa shape index (κ3) is 2.43. The van der Waals surface area contributed by atoms with Gasteiger partial charge in [0.15, 0.2) is 0 Å². The number of rotatable bonds is 3. The molecular weight excluding hydrogens is 326 g/mol. The van der Waals surface area contributed by atoms with Gasteiger partial charge in [-0.3, -0.25) is 4.90 Å². The van der Waals surface area contributed by atoms with Gasteiger partial charge in [0.1, 0.15) is 23.7 Å². The van der Waals surface area contributed by atoms with E-state index in [1.807, 2.05) is 12.1 Å². The quantitative estimate of drug-likeness (QED) is 0.914. The number of nitrogen functional groups attached to an aromatic ring is 1. The van der Waals surface area contributed by atoms with E-state index in [0.717, 1.165) is 24.0 Å². The standard InChI is InChI=1S/C20H25N5O/c1-26-15-4-2-3-14(9-15)16-11-25(18-10-17(21)22-12-23-18)19-13-5-7-24(8-6-13)20(16)19/h2-4,9-10,12-13,16,19-20H,5-8,11H2,1H3,(H2,21,22,23)/t16-,19-,20-/m0/s1. The first-order valence-electron chi connectivity index (χ1n) is 9.47. The molecule has 5 heterocycles. The van der Waals surface area contributed by atoms with Gasteiger partial charge in [-0.2, -0.15) is 0 Å². The molecule has 0 radical (unpaired) electrons. The first-order chi connectivity index (χ1) is 12.7. The van der Waals surface area contributed by atoms with Crippen LogP contribution in [0.4, 0.5) is 11.6 Å². The Labute approximate surface area is 154 Å². The van der Waals surface area contributed by atoms with Crippen LogP contribution in [0.5, 0.6) is 5.75 Å². The maximum Gasteiger partial charge on any atom is 0.134 e. The maximum atomic E-state index is 5.95. The van der Waals surface area contributed by atoms with Gasteiger partial charge in [0.05, 0.1) is 7.11 Å². The normalized spacial score (nSPS) is 32.5. The highest BCUT2D eigenvalue weighted by molar-refractivity contribution is 5.51. The van der Waals surface area contributed by atoms with E-state index in [9.17, 15) is 0 Å². The fourth-order valence-corrected chi connectivity index (χ4v) is 5.37. The molecule has 6 rings (SSSR count). The monoisotopic (exact) mass is 351 g/mol. The summed E-state index contributed by atoms with van der Waals surface area (Å²) in [6, 6.07) is 11.5. The molecule has 4 aliphatic heterocycles. The summed E-state index contributed by atoms with van der Waals surface area (Å²) in [5.41, 5.74) is 7.31. The van der Waals surface area contributed by atoms with Gasteiger partial charge in [-0.1, -0.05) is 12.1 Å². The van der Waals surface area contributed by atoms with Crippen LogP contribution in [0.15, 0.2) is 36.7 Å². The number of ether oxygens (including phenoxy) is 1. The molecule has 4 fully saturated rings. The fraction of sp³-hybridized carbons (Fsp3) is 0.500. The second-order valence-electron chi connectivity index (χ2n) is 7.69. The predicted octanol–water partition coefficient (Wildman–Crippen LogP) is 2.13. The van der Waals surface area contributed by atoms with Crippen LogP contribution in [0.2, 0.25) is 0 Å². The van der Waals surface area contributed by atoms with Crippen LogP contribution < -0.4 is 15.4 Å². The highest BCUT2D eigenvalue weighted by atomic mass is 16.5. The minimum Gasteiger partial charge on any atom is -0.497 e. The summed E-state index contributed by atoms with van der Waals surface area (Å²) >= 11 is 0. The molecule has 2 N–H and O–H groups in total. The summed E-state index contributed by atoms with van der Waals surface area (Å²) in [5, 5.41) is 0. The molecule has 3 atom stereocenters. The van der Waals surface area contributed by atoms with Crippen LogP contribution in [0.1, 0.15) is 24.3 Å². The summed E-state index contributed by atoms with van der Waals surface area (Å²) in [7, 11) is 1.73. The topological polar surface area (TPSA) is 67.5 Å². The lowest BCUT2D eigenvalue weighted by atomic mass is 9.75. The van der Waals surface area contributed by atoms with E-state index in [1.165, 1.54) is 31.5 Å². The lowest BCUT2D eigenvalue weighted by Crippen LogP contribution is -2.60. The molecule has 26 heavy (non-hydrogen) atoms. The van der Waals surface area contributed by atoms with E-state index in [1.54, 1.807) is 13.4 Å². The lowest BCUT2D eigenvalue weighted by molar-refractivity contribution is 0.0354. The third-order valence-corrected chi connectivity index (χ3v) is 6.48. The molecule has 4 saturated heterocycles. The van der Waals surface area contributed by atoms with Crippen LogP contribution in [-0.2, 0) is 0 Å². The van der Waals surface area contributed by atoms with Gasteiger partial charge in [-0.05, 0) is 49.5 Å². The number of nitrogens with zero attached hydrogens (tertiary/aromatic N) is 4. The Morgan fingerprint density at radius 3 is 2.73 bits per heavy atom. The summed E-state index contributed by atoms with van der Waals surface area (Å²) in [6.07, 6.45) is 4.14. The molecule has 6 heteroatoms. The van der Waals surface area contributed by atoms with Crippen molar-refractivity contribution in [1.29, 1.82) is 0 Å². The molecule has 136 valence electrons. The SMILES string of the molecule is COc1cccc([C@@H]2CN(c3cc(N)ncn3)[C@H]3C4CCN(CC4)[C@@H]23)c1. The Kier molecular flexibility index (Phi) is 3.74. The number of benzene rings is 1. The largest absolute Gasteiger partial charge is 0.497 e. The molecule has 6 nitrogen and oxygen atoms in total. The molecule has 2 aromatic rings. The lowest BCUT2D eigenvalue weighted by Gasteiger charge is -2.51. The second-order valence-corrected chi connectivity index (χ2v) is 7.69. The van der Waals surface area contributed by atoms with E-state index >= 15 is 0 Å². The minimum atomic E-state index is 0.453. The number of anilines is 2. The maximum absolute atomic E-state index is 5.95. The smallest absolute Gasteiger partial charge is 0.134 e.